The van der Waals surface area contributed by atoms with Crippen molar-refractivity contribution >= 4 is 76.3 Å². The first-order valence-corrected chi connectivity index (χ1v) is 18.8. The molecule has 0 fully saturated rings. The highest BCUT2D eigenvalue weighted by molar-refractivity contribution is 6.22. The van der Waals surface area contributed by atoms with E-state index in [4.69, 9.17) is 4.42 Å². The van der Waals surface area contributed by atoms with Gasteiger partial charge in [-0.2, -0.15) is 0 Å². The van der Waals surface area contributed by atoms with Gasteiger partial charge in [-0.05, 0) is 99.8 Å². The molecule has 3 aromatic heterocycles. The molecule has 3 nitrogen and oxygen atoms in total. The topological polar surface area (TPSA) is 23.0 Å². The van der Waals surface area contributed by atoms with Crippen LogP contribution in [0.15, 0.2) is 199 Å². The standard InChI is InChI=1S/C52H32N2O/c1-2-12-39(13-3-1)54-49-29-24-38(32-46(49)43-26-27-44-42-15-7-9-17-50(42)55-52(44)51(43)54)35-20-18-34(19-21-35)37-23-28-48-45(31-37)41-14-6-8-16-47(41)53(48)40-25-22-33-10-4-5-11-36(33)30-40/h1-32H. The minimum atomic E-state index is 0.908. The number of para-hydroxylation sites is 3. The maximum absolute atomic E-state index is 6.59. The number of rotatable bonds is 4. The molecule has 55 heavy (non-hydrogen) atoms. The van der Waals surface area contributed by atoms with E-state index in [0.717, 1.165) is 38.7 Å². The highest BCUT2D eigenvalue weighted by atomic mass is 16.3. The third-order valence-electron chi connectivity index (χ3n) is 11.5. The van der Waals surface area contributed by atoms with E-state index in [9.17, 15) is 0 Å². The van der Waals surface area contributed by atoms with Crippen LogP contribution in [0.2, 0.25) is 0 Å². The second-order valence-corrected chi connectivity index (χ2v) is 14.5. The number of nitrogens with zero attached hydrogens (tertiary/aromatic N) is 2. The van der Waals surface area contributed by atoms with Crippen molar-refractivity contribution in [2.75, 3.05) is 0 Å². The van der Waals surface area contributed by atoms with Crippen molar-refractivity contribution in [1.82, 2.24) is 9.13 Å². The van der Waals surface area contributed by atoms with Gasteiger partial charge in [-0.15, -0.1) is 0 Å². The first kappa shape index (κ1) is 30.1. The first-order chi connectivity index (χ1) is 27.3. The Balaban J connectivity index is 0.968. The molecule has 0 saturated carbocycles. The average molecular weight is 701 g/mol. The van der Waals surface area contributed by atoms with Crippen LogP contribution in [0.4, 0.5) is 0 Å². The van der Waals surface area contributed by atoms with Gasteiger partial charge in [0.15, 0.2) is 5.58 Å². The number of benzene rings is 9. The van der Waals surface area contributed by atoms with Gasteiger partial charge in [-0.1, -0.05) is 127 Å². The molecule has 0 bridgehead atoms. The lowest BCUT2D eigenvalue weighted by molar-refractivity contribution is 0.671. The number of hydrogen-bond acceptors (Lipinski definition) is 1. The lowest BCUT2D eigenvalue weighted by Crippen LogP contribution is -1.93. The Hall–Kier alpha value is -7.36. The largest absolute Gasteiger partial charge is 0.454 e. The summed E-state index contributed by atoms with van der Waals surface area (Å²) in [6.07, 6.45) is 0. The zero-order chi connectivity index (χ0) is 36.0. The summed E-state index contributed by atoms with van der Waals surface area (Å²) in [5, 5.41) is 9.66. The van der Waals surface area contributed by atoms with Crippen LogP contribution >= 0.6 is 0 Å². The predicted molar refractivity (Wildman–Crippen MR) is 231 cm³/mol. The summed E-state index contributed by atoms with van der Waals surface area (Å²) in [6.45, 7) is 0. The van der Waals surface area contributed by atoms with Gasteiger partial charge in [0.05, 0.1) is 22.1 Å². The van der Waals surface area contributed by atoms with Crippen molar-refractivity contribution in [3.63, 3.8) is 0 Å². The number of aromatic nitrogens is 2. The molecule has 0 atom stereocenters. The quantitative estimate of drug-likeness (QED) is 0.179. The normalized spacial score (nSPS) is 12.0. The van der Waals surface area contributed by atoms with Gasteiger partial charge in [-0.25, -0.2) is 0 Å². The zero-order valence-electron chi connectivity index (χ0n) is 29.8. The molecule has 0 saturated heterocycles. The van der Waals surface area contributed by atoms with Crippen LogP contribution in [-0.4, -0.2) is 9.13 Å². The van der Waals surface area contributed by atoms with Crippen molar-refractivity contribution in [2.24, 2.45) is 0 Å². The maximum Gasteiger partial charge on any atom is 0.160 e. The summed E-state index contributed by atoms with van der Waals surface area (Å²) >= 11 is 0. The monoisotopic (exact) mass is 700 g/mol. The van der Waals surface area contributed by atoms with E-state index in [1.807, 2.05) is 6.07 Å². The Labute approximate surface area is 316 Å². The highest BCUT2D eigenvalue weighted by Gasteiger charge is 2.20. The average Bonchev–Trinajstić information content (AvgIpc) is 3.91. The van der Waals surface area contributed by atoms with Crippen LogP contribution in [0, 0.1) is 0 Å². The molecule has 0 aliphatic carbocycles. The van der Waals surface area contributed by atoms with Gasteiger partial charge in [0.25, 0.3) is 0 Å². The Morgan fingerprint density at radius 3 is 1.67 bits per heavy atom. The fourth-order valence-electron chi connectivity index (χ4n) is 8.91. The second-order valence-electron chi connectivity index (χ2n) is 14.5. The molecule has 0 spiro atoms. The fraction of sp³-hybridized carbons (Fsp3) is 0. The van der Waals surface area contributed by atoms with E-state index in [2.05, 4.69) is 197 Å². The summed E-state index contributed by atoms with van der Waals surface area (Å²) < 4.78 is 11.3. The van der Waals surface area contributed by atoms with Gasteiger partial charge in [-0.3, -0.25) is 0 Å². The first-order valence-electron chi connectivity index (χ1n) is 18.8. The Bertz CT molecular complexity index is 3470. The van der Waals surface area contributed by atoms with Crippen molar-refractivity contribution in [3.8, 4) is 33.6 Å². The summed E-state index contributed by atoms with van der Waals surface area (Å²) in [4.78, 5) is 0. The van der Waals surface area contributed by atoms with Crippen LogP contribution in [0.25, 0.3) is 110 Å². The van der Waals surface area contributed by atoms with E-state index >= 15 is 0 Å². The van der Waals surface area contributed by atoms with Crippen molar-refractivity contribution in [2.45, 2.75) is 0 Å². The van der Waals surface area contributed by atoms with Crippen LogP contribution in [0.5, 0.6) is 0 Å². The molecular weight excluding hydrogens is 669 g/mol. The molecule has 9 aromatic carbocycles. The maximum atomic E-state index is 6.59. The fourth-order valence-corrected chi connectivity index (χ4v) is 8.91. The zero-order valence-corrected chi connectivity index (χ0v) is 29.8. The molecule has 0 radical (unpaired) electrons. The molecule has 0 aliphatic rings. The summed E-state index contributed by atoms with van der Waals surface area (Å²) in [6, 6.07) is 70.3. The van der Waals surface area contributed by atoms with Crippen molar-refractivity contribution in [3.05, 3.63) is 194 Å². The molecular formula is C52H32N2O. The lowest BCUT2D eigenvalue weighted by Gasteiger charge is -2.10. The van der Waals surface area contributed by atoms with Gasteiger partial charge in [0, 0.05) is 43.7 Å². The molecule has 12 aromatic rings. The second kappa shape index (κ2) is 11.6. The molecule has 0 unspecified atom stereocenters. The van der Waals surface area contributed by atoms with E-state index in [0.29, 0.717) is 0 Å². The Morgan fingerprint density at radius 1 is 0.309 bits per heavy atom. The highest BCUT2D eigenvalue weighted by Crippen LogP contribution is 2.42. The van der Waals surface area contributed by atoms with E-state index in [-0.39, 0.29) is 0 Å². The van der Waals surface area contributed by atoms with Crippen molar-refractivity contribution in [1.29, 1.82) is 0 Å². The molecule has 256 valence electrons. The van der Waals surface area contributed by atoms with Crippen LogP contribution < -0.4 is 0 Å². The lowest BCUT2D eigenvalue weighted by atomic mass is 9.98. The molecule has 3 heteroatoms. The minimum absolute atomic E-state index is 0.908. The smallest absolute Gasteiger partial charge is 0.160 e. The molecule has 0 aliphatic heterocycles. The van der Waals surface area contributed by atoms with Crippen LogP contribution in [0.1, 0.15) is 0 Å². The molecule has 0 amide bonds. The van der Waals surface area contributed by atoms with Crippen LogP contribution in [-0.2, 0) is 0 Å². The van der Waals surface area contributed by atoms with Gasteiger partial charge in [0.2, 0.25) is 0 Å². The van der Waals surface area contributed by atoms with E-state index in [1.165, 1.54) is 71.3 Å². The van der Waals surface area contributed by atoms with Gasteiger partial charge in [0.1, 0.15) is 5.58 Å². The molecule has 12 rings (SSSR count). The van der Waals surface area contributed by atoms with Crippen molar-refractivity contribution < 1.29 is 4.42 Å². The Morgan fingerprint density at radius 2 is 0.891 bits per heavy atom. The Kier molecular flexibility index (Phi) is 6.34. The SMILES string of the molecule is c1ccc(-n2c3ccc(-c4ccc(-c5ccc6c(c5)c5ccccc5n6-c5ccc6ccccc6c5)cc4)cc3c3ccc4c5ccccc5oc4c32)cc1. The predicted octanol–water partition coefficient (Wildman–Crippen LogP) is 14.3. The molecule has 0 N–H and O–H groups in total. The van der Waals surface area contributed by atoms with E-state index in [1.54, 1.807) is 0 Å². The van der Waals surface area contributed by atoms with E-state index < -0.39 is 0 Å². The van der Waals surface area contributed by atoms with Gasteiger partial charge < -0.3 is 13.6 Å². The summed E-state index contributed by atoms with van der Waals surface area (Å²) in [7, 11) is 0. The number of hydrogen-bond donors (Lipinski definition) is 0. The van der Waals surface area contributed by atoms with Gasteiger partial charge >= 0.3 is 0 Å². The summed E-state index contributed by atoms with van der Waals surface area (Å²) in [5.74, 6) is 0. The summed E-state index contributed by atoms with van der Waals surface area (Å²) in [5.41, 5.74) is 13.6. The number of furan rings is 1. The third kappa shape index (κ3) is 4.50. The third-order valence-corrected chi connectivity index (χ3v) is 11.5. The number of fused-ring (bicyclic) bond motifs is 11. The van der Waals surface area contributed by atoms with Crippen LogP contribution in [0.3, 0.4) is 0 Å². The molecule has 3 heterocycles. The minimum Gasteiger partial charge on any atom is -0.454 e.